The Morgan fingerprint density at radius 2 is 1.69 bits per heavy atom. The predicted molar refractivity (Wildman–Crippen MR) is 50.3 cm³/mol. The van der Waals surface area contributed by atoms with Crippen LogP contribution in [0.5, 0.6) is 11.5 Å². The summed E-state index contributed by atoms with van der Waals surface area (Å²) in [6, 6.07) is 5.32. The quantitative estimate of drug-likeness (QED) is 0.685. The van der Waals surface area contributed by atoms with E-state index in [2.05, 4.69) is 5.32 Å². The fraction of sp³-hybridized carbons (Fsp3) is 0.333. The lowest BCUT2D eigenvalue weighted by molar-refractivity contribution is 0.325. The SMILES string of the molecule is COc1cc(NCO)cc(OC)c1. The summed E-state index contributed by atoms with van der Waals surface area (Å²) in [7, 11) is 3.16. The third-order valence-corrected chi connectivity index (χ3v) is 1.63. The van der Waals surface area contributed by atoms with Gasteiger partial charge >= 0.3 is 0 Å². The highest BCUT2D eigenvalue weighted by Gasteiger charge is 1.99. The molecule has 1 aromatic carbocycles. The van der Waals surface area contributed by atoms with Crippen molar-refractivity contribution in [2.24, 2.45) is 0 Å². The second-order valence-corrected chi connectivity index (χ2v) is 2.44. The lowest BCUT2D eigenvalue weighted by Gasteiger charge is -2.08. The zero-order valence-corrected chi connectivity index (χ0v) is 7.70. The first-order valence-corrected chi connectivity index (χ1v) is 3.88. The summed E-state index contributed by atoms with van der Waals surface area (Å²) in [6.45, 7) is -0.115. The average Bonchev–Trinajstić information content (AvgIpc) is 2.17. The van der Waals surface area contributed by atoms with Gasteiger partial charge in [-0.2, -0.15) is 0 Å². The molecule has 72 valence electrons. The van der Waals surface area contributed by atoms with Gasteiger partial charge in [-0.1, -0.05) is 0 Å². The summed E-state index contributed by atoms with van der Waals surface area (Å²) in [4.78, 5) is 0. The minimum Gasteiger partial charge on any atom is -0.497 e. The molecule has 1 aromatic rings. The van der Waals surface area contributed by atoms with E-state index in [1.165, 1.54) is 0 Å². The molecule has 0 bridgehead atoms. The van der Waals surface area contributed by atoms with E-state index < -0.39 is 0 Å². The molecule has 0 unspecified atom stereocenters. The molecular weight excluding hydrogens is 170 g/mol. The Morgan fingerprint density at radius 3 is 2.08 bits per heavy atom. The molecule has 0 saturated heterocycles. The molecule has 4 heteroatoms. The number of methoxy groups -OCH3 is 2. The number of hydrogen-bond acceptors (Lipinski definition) is 4. The Balaban J connectivity index is 2.93. The van der Waals surface area contributed by atoms with Crippen LogP contribution in [0.4, 0.5) is 5.69 Å². The van der Waals surface area contributed by atoms with Gasteiger partial charge in [0.2, 0.25) is 0 Å². The number of benzene rings is 1. The van der Waals surface area contributed by atoms with Gasteiger partial charge in [0.25, 0.3) is 0 Å². The molecule has 0 aromatic heterocycles. The highest BCUT2D eigenvalue weighted by atomic mass is 16.5. The number of aliphatic hydroxyl groups excluding tert-OH is 1. The van der Waals surface area contributed by atoms with E-state index in [0.29, 0.717) is 11.5 Å². The molecule has 0 aliphatic carbocycles. The molecule has 0 amide bonds. The highest BCUT2D eigenvalue weighted by molar-refractivity contribution is 5.53. The van der Waals surface area contributed by atoms with Crippen molar-refractivity contribution in [3.8, 4) is 11.5 Å². The predicted octanol–water partition coefficient (Wildman–Crippen LogP) is 1.07. The lowest BCUT2D eigenvalue weighted by Crippen LogP contribution is -2.00. The van der Waals surface area contributed by atoms with Crippen LogP contribution in [0.15, 0.2) is 18.2 Å². The summed E-state index contributed by atoms with van der Waals surface area (Å²) < 4.78 is 10.1. The van der Waals surface area contributed by atoms with Crippen molar-refractivity contribution in [2.75, 3.05) is 26.3 Å². The van der Waals surface area contributed by atoms with E-state index in [0.717, 1.165) is 5.69 Å². The monoisotopic (exact) mass is 183 g/mol. The molecule has 0 aliphatic rings. The summed E-state index contributed by atoms with van der Waals surface area (Å²) in [6.07, 6.45) is 0. The molecule has 0 aliphatic heterocycles. The Labute approximate surface area is 77.1 Å². The second-order valence-electron chi connectivity index (χ2n) is 2.44. The van der Waals surface area contributed by atoms with Crippen molar-refractivity contribution in [1.29, 1.82) is 0 Å². The molecule has 0 spiro atoms. The van der Waals surface area contributed by atoms with Gasteiger partial charge in [0.05, 0.1) is 14.2 Å². The molecule has 0 fully saturated rings. The van der Waals surface area contributed by atoms with E-state index in [1.54, 1.807) is 32.4 Å². The van der Waals surface area contributed by atoms with E-state index in [1.807, 2.05) is 0 Å². The zero-order valence-electron chi connectivity index (χ0n) is 7.70. The van der Waals surface area contributed by atoms with Crippen molar-refractivity contribution >= 4 is 5.69 Å². The lowest BCUT2D eigenvalue weighted by atomic mass is 10.3. The standard InChI is InChI=1S/C9H13NO3/c1-12-8-3-7(10-6-11)4-9(5-8)13-2/h3-5,10-11H,6H2,1-2H3. The van der Waals surface area contributed by atoms with Crippen LogP contribution in [-0.4, -0.2) is 26.1 Å². The van der Waals surface area contributed by atoms with Gasteiger partial charge in [-0.05, 0) is 0 Å². The number of anilines is 1. The normalized spacial score (nSPS) is 9.46. The van der Waals surface area contributed by atoms with Gasteiger partial charge in [0.15, 0.2) is 0 Å². The van der Waals surface area contributed by atoms with Gasteiger partial charge in [-0.15, -0.1) is 0 Å². The number of rotatable bonds is 4. The van der Waals surface area contributed by atoms with Crippen LogP contribution in [0.1, 0.15) is 0 Å². The molecule has 1 rings (SSSR count). The first kappa shape index (κ1) is 9.67. The van der Waals surface area contributed by atoms with Gasteiger partial charge in [-0.25, -0.2) is 0 Å². The maximum Gasteiger partial charge on any atom is 0.124 e. The Kier molecular flexibility index (Phi) is 3.40. The van der Waals surface area contributed by atoms with Gasteiger partial charge < -0.3 is 19.9 Å². The Hall–Kier alpha value is -1.42. The van der Waals surface area contributed by atoms with Crippen molar-refractivity contribution in [3.63, 3.8) is 0 Å². The van der Waals surface area contributed by atoms with Crippen LogP contribution in [-0.2, 0) is 0 Å². The number of ether oxygens (including phenoxy) is 2. The number of nitrogens with one attached hydrogen (secondary N) is 1. The molecule has 4 nitrogen and oxygen atoms in total. The summed E-state index contributed by atoms with van der Waals surface area (Å²) in [5.41, 5.74) is 0.763. The Morgan fingerprint density at radius 1 is 1.15 bits per heavy atom. The summed E-state index contributed by atoms with van der Waals surface area (Å²) in [5, 5.41) is 11.4. The fourth-order valence-electron chi connectivity index (χ4n) is 1.00. The first-order valence-electron chi connectivity index (χ1n) is 3.88. The molecule has 0 heterocycles. The van der Waals surface area contributed by atoms with Crippen LogP contribution in [0.2, 0.25) is 0 Å². The van der Waals surface area contributed by atoms with E-state index in [4.69, 9.17) is 14.6 Å². The minimum absolute atomic E-state index is 0.115. The van der Waals surface area contributed by atoms with Gasteiger partial charge in [-0.3, -0.25) is 0 Å². The highest BCUT2D eigenvalue weighted by Crippen LogP contribution is 2.25. The second kappa shape index (κ2) is 4.57. The maximum atomic E-state index is 8.65. The van der Waals surface area contributed by atoms with Crippen LogP contribution in [0.3, 0.4) is 0 Å². The van der Waals surface area contributed by atoms with Gasteiger partial charge in [0, 0.05) is 23.9 Å². The van der Waals surface area contributed by atoms with Crippen molar-refractivity contribution in [2.45, 2.75) is 0 Å². The van der Waals surface area contributed by atoms with E-state index in [9.17, 15) is 0 Å². The van der Waals surface area contributed by atoms with E-state index >= 15 is 0 Å². The average molecular weight is 183 g/mol. The third-order valence-electron chi connectivity index (χ3n) is 1.63. The minimum atomic E-state index is -0.115. The topological polar surface area (TPSA) is 50.7 Å². The first-order chi connectivity index (χ1) is 6.30. The van der Waals surface area contributed by atoms with Crippen LogP contribution in [0, 0.1) is 0 Å². The molecule has 0 radical (unpaired) electrons. The van der Waals surface area contributed by atoms with Crippen molar-refractivity contribution in [3.05, 3.63) is 18.2 Å². The number of hydrogen-bond donors (Lipinski definition) is 2. The maximum absolute atomic E-state index is 8.65. The molecule has 2 N–H and O–H groups in total. The largest absolute Gasteiger partial charge is 0.497 e. The fourth-order valence-corrected chi connectivity index (χ4v) is 1.00. The van der Waals surface area contributed by atoms with E-state index in [-0.39, 0.29) is 6.73 Å². The smallest absolute Gasteiger partial charge is 0.124 e. The number of aliphatic hydroxyl groups is 1. The molecular formula is C9H13NO3. The molecule has 0 atom stereocenters. The van der Waals surface area contributed by atoms with Crippen molar-refractivity contribution in [1.82, 2.24) is 0 Å². The van der Waals surface area contributed by atoms with Crippen LogP contribution >= 0.6 is 0 Å². The zero-order chi connectivity index (χ0) is 9.68. The summed E-state index contributed by atoms with van der Waals surface area (Å²) >= 11 is 0. The third kappa shape index (κ3) is 2.52. The summed E-state index contributed by atoms with van der Waals surface area (Å²) in [5.74, 6) is 1.38. The molecule has 0 saturated carbocycles. The van der Waals surface area contributed by atoms with Crippen LogP contribution in [0.25, 0.3) is 0 Å². The Bertz CT molecular complexity index is 253. The van der Waals surface area contributed by atoms with Gasteiger partial charge in [0.1, 0.15) is 18.2 Å². The van der Waals surface area contributed by atoms with Crippen molar-refractivity contribution < 1.29 is 14.6 Å². The molecule has 13 heavy (non-hydrogen) atoms. The van der Waals surface area contributed by atoms with Crippen LogP contribution < -0.4 is 14.8 Å².